The summed E-state index contributed by atoms with van der Waals surface area (Å²) in [7, 11) is 0. The van der Waals surface area contributed by atoms with Crippen LogP contribution in [-0.2, 0) is 33.6 Å². The Morgan fingerprint density at radius 3 is 2.69 bits per heavy atom. The first-order chi connectivity index (χ1) is 15.4. The minimum atomic E-state index is -1.01. The van der Waals surface area contributed by atoms with Crippen molar-refractivity contribution < 1.29 is 23.9 Å². The lowest BCUT2D eigenvalue weighted by Gasteiger charge is -2.32. The summed E-state index contributed by atoms with van der Waals surface area (Å²) in [5, 5.41) is 5.87. The monoisotopic (exact) mass is 455 g/mol. The van der Waals surface area contributed by atoms with Gasteiger partial charge in [0.05, 0.1) is 12.2 Å². The Morgan fingerprint density at radius 2 is 1.97 bits per heavy atom. The van der Waals surface area contributed by atoms with Crippen molar-refractivity contribution in [1.82, 2.24) is 10.2 Å². The van der Waals surface area contributed by atoms with E-state index in [0.717, 1.165) is 15.3 Å². The maximum absolute atomic E-state index is 13.2. The van der Waals surface area contributed by atoms with Crippen LogP contribution in [-0.4, -0.2) is 47.4 Å². The van der Waals surface area contributed by atoms with Gasteiger partial charge in [0.1, 0.15) is 17.1 Å². The maximum Gasteiger partial charge on any atom is 0.341 e. The molecule has 0 saturated carbocycles. The summed E-state index contributed by atoms with van der Waals surface area (Å²) in [5.74, 6) is -1.46. The normalized spacial score (nSPS) is 19.6. The fourth-order valence-electron chi connectivity index (χ4n) is 4.22. The van der Waals surface area contributed by atoms with Crippen molar-refractivity contribution in [3.63, 3.8) is 0 Å². The number of imide groups is 1. The SMILES string of the molecule is CCOC(=O)c1cc(CC)sc1NC(=O)CN1C(=O)NC2(CCc3ccccc3C2)C1=O. The summed E-state index contributed by atoms with van der Waals surface area (Å²) in [6, 6.07) is 8.99. The van der Waals surface area contributed by atoms with Gasteiger partial charge < -0.3 is 15.4 Å². The molecule has 32 heavy (non-hydrogen) atoms. The number of anilines is 1. The van der Waals surface area contributed by atoms with Crippen molar-refractivity contribution in [2.24, 2.45) is 0 Å². The van der Waals surface area contributed by atoms with Crippen molar-refractivity contribution in [2.75, 3.05) is 18.5 Å². The largest absolute Gasteiger partial charge is 0.462 e. The number of hydrogen-bond acceptors (Lipinski definition) is 6. The molecule has 1 unspecified atom stereocenters. The predicted octanol–water partition coefficient (Wildman–Crippen LogP) is 2.91. The Kier molecular flexibility index (Phi) is 6.01. The van der Waals surface area contributed by atoms with Crippen LogP contribution in [0.2, 0.25) is 0 Å². The zero-order chi connectivity index (χ0) is 22.9. The number of ether oxygens (including phenoxy) is 1. The molecule has 168 valence electrons. The van der Waals surface area contributed by atoms with Gasteiger partial charge in [-0.3, -0.25) is 14.5 Å². The van der Waals surface area contributed by atoms with Crippen LogP contribution in [0.15, 0.2) is 30.3 Å². The molecule has 1 aromatic carbocycles. The zero-order valence-electron chi connectivity index (χ0n) is 18.0. The number of thiophene rings is 1. The highest BCUT2D eigenvalue weighted by Gasteiger charge is 2.52. The second-order valence-electron chi connectivity index (χ2n) is 7.93. The lowest BCUT2D eigenvalue weighted by atomic mass is 9.78. The number of hydrogen-bond donors (Lipinski definition) is 2. The van der Waals surface area contributed by atoms with E-state index in [-0.39, 0.29) is 12.2 Å². The zero-order valence-corrected chi connectivity index (χ0v) is 18.8. The first-order valence-electron chi connectivity index (χ1n) is 10.7. The summed E-state index contributed by atoms with van der Waals surface area (Å²) in [6.45, 7) is 3.45. The topological polar surface area (TPSA) is 105 Å². The highest BCUT2D eigenvalue weighted by molar-refractivity contribution is 7.16. The average Bonchev–Trinajstić information content (AvgIpc) is 3.28. The molecule has 1 fully saturated rings. The second kappa shape index (κ2) is 8.74. The second-order valence-corrected chi connectivity index (χ2v) is 9.06. The molecule has 4 amide bonds. The quantitative estimate of drug-likeness (QED) is 0.515. The molecular weight excluding hydrogens is 430 g/mol. The lowest BCUT2D eigenvalue weighted by molar-refractivity contribution is -0.134. The first-order valence-corrected chi connectivity index (χ1v) is 11.5. The number of nitrogens with one attached hydrogen (secondary N) is 2. The lowest BCUT2D eigenvalue weighted by Crippen LogP contribution is -2.51. The van der Waals surface area contributed by atoms with Crippen molar-refractivity contribution in [1.29, 1.82) is 0 Å². The molecule has 2 N–H and O–H groups in total. The van der Waals surface area contributed by atoms with E-state index in [1.54, 1.807) is 13.0 Å². The molecule has 8 nitrogen and oxygen atoms in total. The van der Waals surface area contributed by atoms with Gasteiger partial charge in [0.15, 0.2) is 0 Å². The molecule has 1 atom stereocenters. The minimum Gasteiger partial charge on any atom is -0.462 e. The van der Waals surface area contributed by atoms with Crippen LogP contribution in [0.3, 0.4) is 0 Å². The molecular formula is C23H25N3O5S. The number of rotatable bonds is 6. The third-order valence-electron chi connectivity index (χ3n) is 5.86. The van der Waals surface area contributed by atoms with Gasteiger partial charge in [0.2, 0.25) is 5.91 Å². The van der Waals surface area contributed by atoms with E-state index in [0.29, 0.717) is 30.7 Å². The number of fused-ring (bicyclic) bond motifs is 1. The Balaban J connectivity index is 1.48. The number of esters is 1. The molecule has 0 bridgehead atoms. The molecule has 9 heteroatoms. The number of benzene rings is 1. The Hall–Kier alpha value is -3.20. The van der Waals surface area contributed by atoms with E-state index in [4.69, 9.17) is 4.74 Å². The average molecular weight is 456 g/mol. The Labute approximate surface area is 189 Å². The number of carbonyl (C=O) groups excluding carboxylic acids is 4. The van der Waals surface area contributed by atoms with Gasteiger partial charge in [-0.15, -0.1) is 11.3 Å². The van der Waals surface area contributed by atoms with Crippen molar-refractivity contribution in [3.05, 3.63) is 51.9 Å². The van der Waals surface area contributed by atoms with Gasteiger partial charge in [-0.2, -0.15) is 0 Å². The van der Waals surface area contributed by atoms with E-state index in [2.05, 4.69) is 10.6 Å². The molecule has 0 radical (unpaired) electrons. The highest BCUT2D eigenvalue weighted by Crippen LogP contribution is 2.34. The maximum atomic E-state index is 13.2. The molecule has 2 aliphatic rings. The summed E-state index contributed by atoms with van der Waals surface area (Å²) in [6.07, 6.45) is 2.28. The predicted molar refractivity (Wildman–Crippen MR) is 120 cm³/mol. The molecule has 4 rings (SSSR count). The van der Waals surface area contributed by atoms with Crippen molar-refractivity contribution in [2.45, 2.75) is 45.1 Å². The number of urea groups is 1. The van der Waals surface area contributed by atoms with Crippen LogP contribution in [0.1, 0.15) is 46.6 Å². The van der Waals surface area contributed by atoms with E-state index in [1.807, 2.05) is 31.2 Å². The van der Waals surface area contributed by atoms with Gasteiger partial charge in [-0.25, -0.2) is 9.59 Å². The number of nitrogens with zero attached hydrogens (tertiary/aromatic N) is 1. The Bertz CT molecular complexity index is 1100. The summed E-state index contributed by atoms with van der Waals surface area (Å²) >= 11 is 1.28. The van der Waals surface area contributed by atoms with E-state index in [9.17, 15) is 19.2 Å². The first kappa shape index (κ1) is 22.0. The molecule has 2 aromatic rings. The van der Waals surface area contributed by atoms with Crippen LogP contribution in [0, 0.1) is 0 Å². The molecule has 1 aliphatic carbocycles. The van der Waals surface area contributed by atoms with Gasteiger partial charge in [-0.1, -0.05) is 31.2 Å². The van der Waals surface area contributed by atoms with Gasteiger partial charge in [0, 0.05) is 11.3 Å². The van der Waals surface area contributed by atoms with Crippen molar-refractivity contribution in [3.8, 4) is 0 Å². The Morgan fingerprint density at radius 1 is 1.22 bits per heavy atom. The molecule has 1 saturated heterocycles. The standard InChI is InChI=1S/C23H25N3O5S/c1-3-16-11-17(20(28)31-4-2)19(32-16)24-18(27)13-26-21(29)23(25-22(26)30)10-9-14-7-5-6-8-15(14)12-23/h5-8,11H,3-4,9-10,12-13H2,1-2H3,(H,24,27)(H,25,30). The van der Waals surface area contributed by atoms with Gasteiger partial charge >= 0.3 is 12.0 Å². The fraction of sp³-hybridized carbons (Fsp3) is 0.391. The molecule has 2 heterocycles. The summed E-state index contributed by atoms with van der Waals surface area (Å²) in [4.78, 5) is 52.6. The van der Waals surface area contributed by atoms with Crippen LogP contribution >= 0.6 is 11.3 Å². The number of carbonyl (C=O) groups is 4. The van der Waals surface area contributed by atoms with E-state index < -0.39 is 35.9 Å². The molecule has 1 spiro atoms. The minimum absolute atomic E-state index is 0.219. The van der Waals surface area contributed by atoms with Crippen LogP contribution in [0.4, 0.5) is 9.80 Å². The summed E-state index contributed by atoms with van der Waals surface area (Å²) < 4.78 is 5.07. The molecule has 1 aliphatic heterocycles. The van der Waals surface area contributed by atoms with Gasteiger partial charge in [-0.05, 0) is 43.4 Å². The highest BCUT2D eigenvalue weighted by atomic mass is 32.1. The smallest absolute Gasteiger partial charge is 0.341 e. The number of aryl methyl sites for hydroxylation is 2. The van der Waals surface area contributed by atoms with Crippen LogP contribution in [0.25, 0.3) is 0 Å². The van der Waals surface area contributed by atoms with Crippen LogP contribution < -0.4 is 10.6 Å². The number of amides is 4. The third kappa shape index (κ3) is 4.00. The molecule has 1 aromatic heterocycles. The fourth-order valence-corrected chi connectivity index (χ4v) is 5.22. The van der Waals surface area contributed by atoms with Crippen LogP contribution in [0.5, 0.6) is 0 Å². The van der Waals surface area contributed by atoms with E-state index >= 15 is 0 Å². The van der Waals surface area contributed by atoms with Crippen molar-refractivity contribution >= 4 is 40.2 Å². The summed E-state index contributed by atoms with van der Waals surface area (Å²) in [5.41, 5.74) is 1.47. The van der Waals surface area contributed by atoms with E-state index in [1.165, 1.54) is 16.9 Å². The third-order valence-corrected chi connectivity index (χ3v) is 7.05. The van der Waals surface area contributed by atoms with Gasteiger partial charge in [0.25, 0.3) is 5.91 Å².